The summed E-state index contributed by atoms with van der Waals surface area (Å²) in [5.41, 5.74) is 12.6. The molecule has 0 bridgehead atoms. The molecule has 0 saturated heterocycles. The van der Waals surface area contributed by atoms with Gasteiger partial charge in [-0.15, -0.1) is 0 Å². The van der Waals surface area contributed by atoms with E-state index in [0.29, 0.717) is 17.5 Å². The van der Waals surface area contributed by atoms with Crippen molar-refractivity contribution in [1.82, 2.24) is 23.8 Å². The summed E-state index contributed by atoms with van der Waals surface area (Å²) in [6.07, 6.45) is 0. The van der Waals surface area contributed by atoms with Gasteiger partial charge in [0.25, 0.3) is 0 Å². The molecule has 0 radical (unpaired) electrons. The third-order valence-corrected chi connectivity index (χ3v) is 12.1. The normalized spacial score (nSPS) is 12.1. The van der Waals surface area contributed by atoms with E-state index in [4.69, 9.17) is 15.0 Å². The molecule has 0 unspecified atom stereocenters. The molecular weight excluding hydrogens is 707 g/mol. The molecule has 0 fully saturated rings. The van der Waals surface area contributed by atoms with E-state index in [2.05, 4.69) is 160 Å². The van der Waals surface area contributed by atoms with Gasteiger partial charge in [0.15, 0.2) is 17.5 Å². The summed E-state index contributed by atoms with van der Waals surface area (Å²) in [6, 6.07) is 67.1. The highest BCUT2D eigenvalue weighted by molar-refractivity contribution is 6.37. The number of benzene rings is 9. The fraction of sp³-hybridized carbons (Fsp3) is 0. The molecule has 0 aliphatic heterocycles. The van der Waals surface area contributed by atoms with Gasteiger partial charge in [-0.2, -0.15) is 0 Å². The van der Waals surface area contributed by atoms with Crippen molar-refractivity contribution in [1.29, 1.82) is 0 Å². The average Bonchev–Trinajstić information content (AvgIpc) is 3.84. The molecule has 58 heavy (non-hydrogen) atoms. The lowest BCUT2D eigenvalue weighted by molar-refractivity contribution is 1.08. The van der Waals surface area contributed by atoms with E-state index in [1.807, 2.05) is 36.4 Å². The van der Waals surface area contributed by atoms with E-state index in [-0.39, 0.29) is 0 Å². The van der Waals surface area contributed by atoms with Crippen molar-refractivity contribution in [3.8, 4) is 45.3 Å². The molecule has 13 rings (SSSR count). The Balaban J connectivity index is 1.10. The highest BCUT2D eigenvalue weighted by atomic mass is 15.0. The fourth-order valence-corrected chi connectivity index (χ4v) is 9.63. The molecule has 0 spiro atoms. The van der Waals surface area contributed by atoms with Crippen molar-refractivity contribution in [2.24, 2.45) is 0 Å². The third-order valence-electron chi connectivity index (χ3n) is 12.1. The average molecular weight is 738 g/mol. The number of hydrogen-bond donors (Lipinski definition) is 0. The molecule has 9 aromatic carbocycles. The van der Waals surface area contributed by atoms with Crippen molar-refractivity contribution in [3.05, 3.63) is 188 Å². The first-order valence-corrected chi connectivity index (χ1v) is 19.7. The van der Waals surface area contributed by atoms with Gasteiger partial charge >= 0.3 is 0 Å². The summed E-state index contributed by atoms with van der Waals surface area (Å²) >= 11 is 0. The van der Waals surface area contributed by atoms with Crippen LogP contribution in [-0.2, 0) is 0 Å². The summed E-state index contributed by atoms with van der Waals surface area (Å²) in [5.74, 6) is 1.95. The Morgan fingerprint density at radius 2 is 0.707 bits per heavy atom. The van der Waals surface area contributed by atoms with E-state index in [1.165, 1.54) is 76.5 Å². The van der Waals surface area contributed by atoms with Crippen LogP contribution in [0, 0.1) is 0 Å². The van der Waals surface area contributed by atoms with Crippen molar-refractivity contribution in [2.45, 2.75) is 0 Å². The topological polar surface area (TPSA) is 47.5 Å². The van der Waals surface area contributed by atoms with Gasteiger partial charge in [0.1, 0.15) is 0 Å². The van der Waals surface area contributed by atoms with Crippen LogP contribution >= 0.6 is 0 Å². The Hall–Kier alpha value is -7.89. The Bertz CT molecular complexity index is 3720. The van der Waals surface area contributed by atoms with E-state index in [1.54, 1.807) is 0 Å². The summed E-state index contributed by atoms with van der Waals surface area (Å²) in [5, 5.41) is 9.85. The monoisotopic (exact) mass is 737 g/mol. The summed E-state index contributed by atoms with van der Waals surface area (Å²) in [4.78, 5) is 15.2. The van der Waals surface area contributed by atoms with Crippen molar-refractivity contribution in [2.75, 3.05) is 0 Å². The molecule has 0 atom stereocenters. The van der Waals surface area contributed by atoms with Crippen molar-refractivity contribution >= 4 is 76.2 Å². The van der Waals surface area contributed by atoms with Gasteiger partial charge in [-0.1, -0.05) is 152 Å². The van der Waals surface area contributed by atoms with Gasteiger partial charge in [0, 0.05) is 38.2 Å². The Morgan fingerprint density at radius 3 is 1.28 bits per heavy atom. The first-order valence-electron chi connectivity index (χ1n) is 19.7. The molecule has 5 nitrogen and oxygen atoms in total. The van der Waals surface area contributed by atoms with E-state index >= 15 is 0 Å². The largest absolute Gasteiger partial charge is 0.305 e. The van der Waals surface area contributed by atoms with E-state index in [0.717, 1.165) is 27.5 Å². The molecule has 0 aliphatic carbocycles. The first kappa shape index (κ1) is 31.3. The summed E-state index contributed by atoms with van der Waals surface area (Å²) in [6.45, 7) is 0. The predicted octanol–water partition coefficient (Wildman–Crippen LogP) is 13.4. The third kappa shape index (κ3) is 4.27. The zero-order valence-electron chi connectivity index (χ0n) is 31.1. The highest BCUT2D eigenvalue weighted by Crippen LogP contribution is 2.48. The number of hydrogen-bond acceptors (Lipinski definition) is 3. The molecule has 13 aromatic rings. The minimum absolute atomic E-state index is 0.650. The van der Waals surface area contributed by atoms with Crippen LogP contribution in [0.1, 0.15) is 0 Å². The predicted molar refractivity (Wildman–Crippen MR) is 240 cm³/mol. The van der Waals surface area contributed by atoms with Crippen LogP contribution in [0.15, 0.2) is 188 Å². The maximum Gasteiger partial charge on any atom is 0.164 e. The van der Waals surface area contributed by atoms with Crippen LogP contribution < -0.4 is 0 Å². The number of para-hydroxylation sites is 4. The van der Waals surface area contributed by atoms with Crippen molar-refractivity contribution < 1.29 is 0 Å². The van der Waals surface area contributed by atoms with Gasteiger partial charge in [-0.25, -0.2) is 15.0 Å². The van der Waals surface area contributed by atoms with Crippen LogP contribution in [0.25, 0.3) is 121 Å². The SMILES string of the molecule is c1ccc(-c2nc(-c3ccccc3)nc(-c3ccc(-c4ccc5c(c4)c4c6ccccc6n6c7ccccc7n7c8ccccc8c5c7c46)c4ccccc34)n2)cc1. The molecule has 0 amide bonds. The smallest absolute Gasteiger partial charge is 0.164 e. The van der Waals surface area contributed by atoms with Crippen molar-refractivity contribution in [3.63, 3.8) is 0 Å². The van der Waals surface area contributed by atoms with Crippen LogP contribution in [0.4, 0.5) is 0 Å². The summed E-state index contributed by atoms with van der Waals surface area (Å²) in [7, 11) is 0. The second-order valence-corrected chi connectivity index (χ2v) is 15.1. The molecule has 0 saturated carbocycles. The Morgan fingerprint density at radius 1 is 0.276 bits per heavy atom. The van der Waals surface area contributed by atoms with Gasteiger partial charge in [0.05, 0.1) is 33.1 Å². The standard InChI is InChI=1S/C53H31N5/c1-3-15-32(16-4-1)51-54-52(33-17-5-2-6-18-33)56-53(55-51)39-30-29-35(36-19-7-8-20-37(36)39)34-27-28-38-42(31-34)48-41-22-10-12-24-44(41)58-46-26-14-13-25-45(46)57-43-23-11-9-21-40(43)47(38)49(57)50(48)58/h1-31H. The van der Waals surface area contributed by atoms with Crippen LogP contribution in [-0.4, -0.2) is 23.8 Å². The number of nitrogens with zero attached hydrogens (tertiary/aromatic N) is 5. The molecule has 5 heteroatoms. The van der Waals surface area contributed by atoms with Crippen LogP contribution in [0.3, 0.4) is 0 Å². The zero-order valence-corrected chi connectivity index (χ0v) is 31.1. The van der Waals surface area contributed by atoms with Gasteiger partial charge < -0.3 is 8.80 Å². The minimum Gasteiger partial charge on any atom is -0.305 e. The van der Waals surface area contributed by atoms with E-state index in [9.17, 15) is 0 Å². The van der Waals surface area contributed by atoms with E-state index < -0.39 is 0 Å². The number of aromatic nitrogens is 5. The van der Waals surface area contributed by atoms with Gasteiger partial charge in [-0.05, 0) is 69.1 Å². The van der Waals surface area contributed by atoms with Gasteiger partial charge in [0.2, 0.25) is 0 Å². The fourth-order valence-electron chi connectivity index (χ4n) is 9.63. The molecule has 268 valence electrons. The maximum atomic E-state index is 5.11. The Labute approximate surface area is 332 Å². The second kappa shape index (κ2) is 11.8. The lowest BCUT2D eigenvalue weighted by Gasteiger charge is -2.15. The molecular formula is C53H31N5. The first-order chi connectivity index (χ1) is 28.8. The zero-order chi connectivity index (χ0) is 37.9. The molecule has 0 aliphatic rings. The maximum absolute atomic E-state index is 5.11. The highest BCUT2D eigenvalue weighted by Gasteiger charge is 2.25. The quantitative estimate of drug-likeness (QED) is 0.169. The lowest BCUT2D eigenvalue weighted by Crippen LogP contribution is -2.00. The molecule has 4 aromatic heterocycles. The summed E-state index contributed by atoms with van der Waals surface area (Å²) < 4.78 is 4.99. The minimum atomic E-state index is 0.650. The lowest BCUT2D eigenvalue weighted by atomic mass is 9.91. The molecule has 4 heterocycles. The molecule has 0 N–H and O–H groups in total. The second-order valence-electron chi connectivity index (χ2n) is 15.1. The Kier molecular flexibility index (Phi) is 6.38. The van der Waals surface area contributed by atoms with Crippen LogP contribution in [0.2, 0.25) is 0 Å². The number of rotatable bonds is 4. The number of fused-ring (bicyclic) bond motifs is 13. The van der Waals surface area contributed by atoms with Gasteiger partial charge in [-0.3, -0.25) is 0 Å². The van der Waals surface area contributed by atoms with Crippen LogP contribution in [0.5, 0.6) is 0 Å².